The van der Waals surface area contributed by atoms with Gasteiger partial charge in [0.1, 0.15) is 6.10 Å². The molecule has 1 saturated heterocycles. The molecule has 0 spiro atoms. The Morgan fingerprint density at radius 1 is 1.17 bits per heavy atom. The fourth-order valence-corrected chi connectivity index (χ4v) is 2.41. The van der Waals surface area contributed by atoms with Crippen LogP contribution in [0.4, 0.5) is 0 Å². The van der Waals surface area contributed by atoms with Crippen LogP contribution in [0.3, 0.4) is 0 Å². The average molecular weight is 248 g/mol. The molecular weight excluding hydrogens is 224 g/mol. The fraction of sp³-hybridized carbons (Fsp3) is 0.625. The molecule has 1 aliphatic heterocycles. The van der Waals surface area contributed by atoms with Gasteiger partial charge in [0.2, 0.25) is 0 Å². The highest BCUT2D eigenvalue weighted by atomic mass is 16.5. The van der Waals surface area contributed by atoms with Gasteiger partial charge in [-0.1, -0.05) is 45.0 Å². The first-order chi connectivity index (χ1) is 8.48. The molecular formula is C16H24O2. The van der Waals surface area contributed by atoms with Gasteiger partial charge >= 0.3 is 0 Å². The Hall–Kier alpha value is -0.860. The minimum atomic E-state index is -0.487. The summed E-state index contributed by atoms with van der Waals surface area (Å²) in [6.45, 7) is 7.37. The van der Waals surface area contributed by atoms with E-state index in [1.165, 1.54) is 5.56 Å². The second kappa shape index (κ2) is 5.41. The fourth-order valence-electron chi connectivity index (χ4n) is 2.41. The Morgan fingerprint density at radius 2 is 1.83 bits per heavy atom. The molecule has 18 heavy (non-hydrogen) atoms. The van der Waals surface area contributed by atoms with Crippen molar-refractivity contribution in [2.45, 2.75) is 57.7 Å². The van der Waals surface area contributed by atoms with Crippen LogP contribution >= 0.6 is 0 Å². The molecule has 0 radical (unpaired) electrons. The van der Waals surface area contributed by atoms with Gasteiger partial charge in [0.25, 0.3) is 0 Å². The smallest absolute Gasteiger partial charge is 0.105 e. The molecule has 2 unspecified atom stereocenters. The van der Waals surface area contributed by atoms with E-state index in [-0.39, 0.29) is 11.5 Å². The first kappa shape index (κ1) is 13.6. The molecule has 2 rings (SSSR count). The minimum absolute atomic E-state index is 0.0285. The van der Waals surface area contributed by atoms with E-state index < -0.39 is 6.10 Å². The molecule has 1 aliphatic rings. The Kier molecular flexibility index (Phi) is 4.08. The predicted octanol–water partition coefficient (Wildman–Crippen LogP) is 3.59. The van der Waals surface area contributed by atoms with Crippen molar-refractivity contribution in [1.29, 1.82) is 0 Å². The van der Waals surface area contributed by atoms with E-state index in [0.29, 0.717) is 0 Å². The summed E-state index contributed by atoms with van der Waals surface area (Å²) >= 11 is 0. The van der Waals surface area contributed by atoms with Crippen LogP contribution in [0.5, 0.6) is 0 Å². The molecule has 1 fully saturated rings. The summed E-state index contributed by atoms with van der Waals surface area (Å²) < 4.78 is 5.64. The minimum Gasteiger partial charge on any atom is -0.386 e. The molecule has 100 valence electrons. The summed E-state index contributed by atoms with van der Waals surface area (Å²) in [7, 11) is 0. The van der Waals surface area contributed by atoms with E-state index in [9.17, 15) is 5.11 Å². The van der Waals surface area contributed by atoms with Crippen LogP contribution < -0.4 is 0 Å². The monoisotopic (exact) mass is 248 g/mol. The lowest BCUT2D eigenvalue weighted by molar-refractivity contribution is -0.0633. The van der Waals surface area contributed by atoms with Gasteiger partial charge in [-0.15, -0.1) is 0 Å². The van der Waals surface area contributed by atoms with Gasteiger partial charge in [0, 0.05) is 6.61 Å². The Morgan fingerprint density at radius 3 is 2.33 bits per heavy atom. The zero-order chi connectivity index (χ0) is 13.2. The number of aliphatic hydroxyl groups is 1. The van der Waals surface area contributed by atoms with Crippen LogP contribution in [0, 0.1) is 0 Å². The van der Waals surface area contributed by atoms with Crippen LogP contribution in [0.15, 0.2) is 24.3 Å². The van der Waals surface area contributed by atoms with E-state index >= 15 is 0 Å². The molecule has 0 aromatic heterocycles. The third kappa shape index (κ3) is 3.12. The highest BCUT2D eigenvalue weighted by molar-refractivity contribution is 5.29. The summed E-state index contributed by atoms with van der Waals surface area (Å²) in [6.07, 6.45) is 2.72. The van der Waals surface area contributed by atoms with E-state index in [4.69, 9.17) is 4.74 Å². The molecule has 0 bridgehead atoms. The maximum Gasteiger partial charge on any atom is 0.105 e. The van der Waals surface area contributed by atoms with Crippen LogP contribution in [-0.2, 0) is 10.2 Å². The van der Waals surface area contributed by atoms with E-state index in [0.717, 1.165) is 31.4 Å². The molecule has 0 aliphatic carbocycles. The maximum absolute atomic E-state index is 10.3. The summed E-state index contributed by atoms with van der Waals surface area (Å²) in [5, 5.41) is 10.3. The normalized spacial score (nSPS) is 22.8. The van der Waals surface area contributed by atoms with E-state index in [2.05, 4.69) is 32.9 Å². The van der Waals surface area contributed by atoms with Gasteiger partial charge in [-0.2, -0.15) is 0 Å². The Labute approximate surface area is 110 Å². The molecule has 2 atom stereocenters. The summed E-state index contributed by atoms with van der Waals surface area (Å²) in [4.78, 5) is 0. The third-order valence-corrected chi connectivity index (χ3v) is 3.69. The zero-order valence-electron chi connectivity index (χ0n) is 11.6. The molecule has 0 saturated carbocycles. The highest BCUT2D eigenvalue weighted by Gasteiger charge is 2.24. The van der Waals surface area contributed by atoms with Crippen molar-refractivity contribution >= 4 is 0 Å². The number of hydrogen-bond donors (Lipinski definition) is 1. The molecule has 1 heterocycles. The SMILES string of the molecule is CC(C)(C)c1ccc(C(O)C2CCCCO2)cc1. The molecule has 2 heteroatoms. The summed E-state index contributed by atoms with van der Waals surface area (Å²) in [5.41, 5.74) is 2.42. The molecule has 0 amide bonds. The third-order valence-electron chi connectivity index (χ3n) is 3.69. The number of rotatable bonds is 2. The van der Waals surface area contributed by atoms with Gasteiger partial charge < -0.3 is 9.84 Å². The lowest BCUT2D eigenvalue weighted by Gasteiger charge is -2.28. The molecule has 1 aromatic rings. The van der Waals surface area contributed by atoms with E-state index in [1.54, 1.807) is 0 Å². The topological polar surface area (TPSA) is 29.5 Å². The molecule has 2 nitrogen and oxygen atoms in total. The predicted molar refractivity (Wildman–Crippen MR) is 73.7 cm³/mol. The number of ether oxygens (including phenoxy) is 1. The second-order valence-electron chi connectivity index (χ2n) is 6.22. The highest BCUT2D eigenvalue weighted by Crippen LogP contribution is 2.28. The van der Waals surface area contributed by atoms with Crippen molar-refractivity contribution in [3.8, 4) is 0 Å². The van der Waals surface area contributed by atoms with Crippen LogP contribution in [0.2, 0.25) is 0 Å². The van der Waals surface area contributed by atoms with Gasteiger partial charge in [0.15, 0.2) is 0 Å². The van der Waals surface area contributed by atoms with Gasteiger partial charge in [0.05, 0.1) is 6.10 Å². The van der Waals surface area contributed by atoms with Crippen molar-refractivity contribution in [2.24, 2.45) is 0 Å². The number of hydrogen-bond acceptors (Lipinski definition) is 2. The van der Waals surface area contributed by atoms with Gasteiger partial charge in [-0.25, -0.2) is 0 Å². The molecule has 1 N–H and O–H groups in total. The quantitative estimate of drug-likeness (QED) is 0.866. The van der Waals surface area contributed by atoms with Crippen LogP contribution in [-0.4, -0.2) is 17.8 Å². The lowest BCUT2D eigenvalue weighted by atomic mass is 9.86. The summed E-state index contributed by atoms with van der Waals surface area (Å²) in [6, 6.07) is 8.29. The first-order valence-electron chi connectivity index (χ1n) is 6.88. The maximum atomic E-state index is 10.3. The van der Waals surface area contributed by atoms with Crippen molar-refractivity contribution in [3.05, 3.63) is 35.4 Å². The Balaban J connectivity index is 2.09. The molecule has 1 aromatic carbocycles. The number of aliphatic hydroxyl groups excluding tert-OH is 1. The first-order valence-corrected chi connectivity index (χ1v) is 6.88. The largest absolute Gasteiger partial charge is 0.386 e. The van der Waals surface area contributed by atoms with Crippen molar-refractivity contribution < 1.29 is 9.84 Å². The van der Waals surface area contributed by atoms with Crippen LogP contribution in [0.1, 0.15) is 57.3 Å². The lowest BCUT2D eigenvalue weighted by Crippen LogP contribution is -2.26. The van der Waals surface area contributed by atoms with E-state index in [1.807, 2.05) is 12.1 Å². The van der Waals surface area contributed by atoms with Crippen molar-refractivity contribution in [3.63, 3.8) is 0 Å². The Bertz CT molecular complexity index is 369. The van der Waals surface area contributed by atoms with Gasteiger partial charge in [-0.3, -0.25) is 0 Å². The zero-order valence-corrected chi connectivity index (χ0v) is 11.6. The van der Waals surface area contributed by atoms with Crippen molar-refractivity contribution in [1.82, 2.24) is 0 Å². The summed E-state index contributed by atoms with van der Waals surface area (Å²) in [5.74, 6) is 0. The number of benzene rings is 1. The van der Waals surface area contributed by atoms with Gasteiger partial charge in [-0.05, 0) is 35.8 Å². The second-order valence-corrected chi connectivity index (χ2v) is 6.22. The van der Waals surface area contributed by atoms with Crippen LogP contribution in [0.25, 0.3) is 0 Å². The standard InChI is InChI=1S/C16H24O2/c1-16(2,3)13-9-7-12(8-10-13)15(17)14-6-4-5-11-18-14/h7-10,14-15,17H,4-6,11H2,1-3H3. The van der Waals surface area contributed by atoms with Crippen molar-refractivity contribution in [2.75, 3.05) is 6.61 Å². The average Bonchev–Trinajstić information content (AvgIpc) is 2.38.